The Bertz CT molecular complexity index is 1300. The summed E-state index contributed by atoms with van der Waals surface area (Å²) >= 11 is 0. The van der Waals surface area contributed by atoms with Gasteiger partial charge in [-0.1, -0.05) is 155 Å². The molecule has 0 N–H and O–H groups in total. The molecule has 59 heavy (non-hydrogen) atoms. The van der Waals surface area contributed by atoms with Crippen LogP contribution >= 0.6 is 0 Å². The zero-order chi connectivity index (χ0) is 43.0. The van der Waals surface area contributed by atoms with Gasteiger partial charge in [0.25, 0.3) is 0 Å². The van der Waals surface area contributed by atoms with Gasteiger partial charge in [-0.2, -0.15) is 0 Å². The van der Waals surface area contributed by atoms with Gasteiger partial charge < -0.3 is 14.2 Å². The monoisotopic (exact) mass is 815 g/mol. The van der Waals surface area contributed by atoms with Gasteiger partial charge in [-0.25, -0.2) is 0 Å². The van der Waals surface area contributed by atoms with Crippen molar-refractivity contribution in [2.45, 2.75) is 181 Å². The maximum absolute atomic E-state index is 12.7. The Morgan fingerprint density at radius 1 is 0.339 bits per heavy atom. The molecular formula is C53H82O6. The van der Waals surface area contributed by atoms with Crippen LogP contribution in [-0.4, -0.2) is 37.2 Å². The highest BCUT2D eigenvalue weighted by Crippen LogP contribution is 2.10. The largest absolute Gasteiger partial charge is 0.462 e. The SMILES string of the molecule is CC/C=C\C/C=C\C/C=C\C/C=C\CCCCCC(=O)OCC(COC(=O)CCCC/C=C\C/C=C\CC)OC(=O)CCCCC/C=C\C/C=C\C/C=C\C/C=C\CC. The molecule has 6 nitrogen and oxygen atoms in total. The quantitative estimate of drug-likeness (QED) is 0.0266. The number of hydrogen-bond donors (Lipinski definition) is 0. The molecule has 0 aliphatic rings. The zero-order valence-corrected chi connectivity index (χ0v) is 37.5. The number of carbonyl (C=O) groups excluding carboxylic acids is 3. The molecule has 1 atom stereocenters. The molecule has 0 fully saturated rings. The van der Waals surface area contributed by atoms with Crippen LogP contribution in [0, 0.1) is 0 Å². The second-order valence-electron chi connectivity index (χ2n) is 14.5. The Balaban J connectivity index is 4.53. The lowest BCUT2D eigenvalue weighted by Crippen LogP contribution is -2.30. The van der Waals surface area contributed by atoms with Crippen molar-refractivity contribution in [2.75, 3.05) is 13.2 Å². The van der Waals surface area contributed by atoms with E-state index in [4.69, 9.17) is 14.2 Å². The van der Waals surface area contributed by atoms with Crippen LogP contribution in [0.25, 0.3) is 0 Å². The number of hydrogen-bond acceptors (Lipinski definition) is 6. The number of rotatable bonds is 39. The number of carbonyl (C=O) groups is 3. The van der Waals surface area contributed by atoms with E-state index in [1.165, 1.54) is 0 Å². The molecule has 0 aromatic rings. The van der Waals surface area contributed by atoms with E-state index in [0.29, 0.717) is 19.3 Å². The van der Waals surface area contributed by atoms with Crippen LogP contribution in [0.3, 0.4) is 0 Å². The van der Waals surface area contributed by atoms with Gasteiger partial charge in [0.1, 0.15) is 13.2 Å². The van der Waals surface area contributed by atoms with Crippen molar-refractivity contribution in [1.82, 2.24) is 0 Å². The van der Waals surface area contributed by atoms with E-state index < -0.39 is 6.10 Å². The molecule has 0 aliphatic heterocycles. The topological polar surface area (TPSA) is 78.9 Å². The molecule has 0 aromatic carbocycles. The minimum absolute atomic E-state index is 0.122. The fourth-order valence-electron chi connectivity index (χ4n) is 5.58. The molecular weight excluding hydrogens is 733 g/mol. The summed E-state index contributed by atoms with van der Waals surface area (Å²) in [6, 6.07) is 0. The van der Waals surface area contributed by atoms with Crippen molar-refractivity contribution < 1.29 is 28.6 Å². The molecule has 0 saturated carbocycles. The molecule has 0 radical (unpaired) electrons. The summed E-state index contributed by atoms with van der Waals surface area (Å²) in [7, 11) is 0. The van der Waals surface area contributed by atoms with Gasteiger partial charge in [-0.15, -0.1) is 0 Å². The molecule has 330 valence electrons. The molecule has 1 unspecified atom stereocenters. The fourth-order valence-corrected chi connectivity index (χ4v) is 5.58. The summed E-state index contributed by atoms with van der Waals surface area (Å²) in [6.07, 6.45) is 63.4. The normalized spacial score (nSPS) is 13.2. The highest BCUT2D eigenvalue weighted by molar-refractivity contribution is 5.71. The molecule has 0 bridgehead atoms. The third-order valence-corrected chi connectivity index (χ3v) is 8.94. The minimum atomic E-state index is -0.822. The van der Waals surface area contributed by atoms with Crippen LogP contribution in [0.1, 0.15) is 175 Å². The standard InChI is InChI=1S/C53H82O6/c1-4-7-10-13-16-19-21-23-25-27-29-31-34-37-40-43-46-52(55)58-49-50(48-57-51(54)45-42-39-36-33-18-15-12-9-6-3)59-53(56)47-44-41-38-35-32-30-28-26-24-22-20-17-14-11-8-5-2/h7-12,16-20,23-26,29-33,50H,4-6,13-15,21-22,27-28,34-49H2,1-3H3/b10-7-,11-8-,12-9-,19-16-,20-17-,25-23-,26-24-,31-29-,32-30-,33-18-. The molecule has 0 rings (SSSR count). The van der Waals surface area contributed by atoms with Gasteiger partial charge in [0.05, 0.1) is 0 Å². The van der Waals surface area contributed by atoms with Crippen LogP contribution in [0.4, 0.5) is 0 Å². The zero-order valence-electron chi connectivity index (χ0n) is 37.5. The van der Waals surface area contributed by atoms with Crippen LogP contribution in [0.15, 0.2) is 122 Å². The van der Waals surface area contributed by atoms with E-state index in [2.05, 4.69) is 142 Å². The Kier molecular flexibility index (Phi) is 43.2. The van der Waals surface area contributed by atoms with E-state index in [1.54, 1.807) is 0 Å². The van der Waals surface area contributed by atoms with Crippen molar-refractivity contribution in [3.8, 4) is 0 Å². The Morgan fingerprint density at radius 2 is 0.610 bits per heavy atom. The molecule has 0 amide bonds. The Labute approximate surface area is 361 Å². The van der Waals surface area contributed by atoms with Gasteiger partial charge in [0.2, 0.25) is 0 Å². The van der Waals surface area contributed by atoms with Gasteiger partial charge >= 0.3 is 17.9 Å². The predicted molar refractivity (Wildman–Crippen MR) is 251 cm³/mol. The first-order valence-electron chi connectivity index (χ1n) is 23.0. The van der Waals surface area contributed by atoms with Gasteiger partial charge in [-0.05, 0) is 122 Å². The van der Waals surface area contributed by atoms with Gasteiger partial charge in [0, 0.05) is 19.3 Å². The summed E-state index contributed by atoms with van der Waals surface area (Å²) in [5.74, 6) is -1.03. The summed E-state index contributed by atoms with van der Waals surface area (Å²) in [6.45, 7) is 6.16. The van der Waals surface area contributed by atoms with Crippen LogP contribution in [0.2, 0.25) is 0 Å². The maximum Gasteiger partial charge on any atom is 0.306 e. The van der Waals surface area contributed by atoms with Crippen LogP contribution in [-0.2, 0) is 28.6 Å². The molecule has 0 saturated heterocycles. The third-order valence-electron chi connectivity index (χ3n) is 8.94. The van der Waals surface area contributed by atoms with Crippen molar-refractivity contribution >= 4 is 17.9 Å². The maximum atomic E-state index is 12.7. The highest BCUT2D eigenvalue weighted by Gasteiger charge is 2.19. The average molecular weight is 815 g/mol. The first-order valence-corrected chi connectivity index (χ1v) is 23.0. The molecule has 0 aromatic heterocycles. The summed E-state index contributed by atoms with van der Waals surface area (Å²) < 4.78 is 16.6. The number of esters is 3. The molecule has 0 aliphatic carbocycles. The van der Waals surface area contributed by atoms with Crippen LogP contribution in [0.5, 0.6) is 0 Å². The summed E-state index contributed by atoms with van der Waals surface area (Å²) in [5.41, 5.74) is 0. The lowest BCUT2D eigenvalue weighted by Gasteiger charge is -2.18. The number of ether oxygens (including phenoxy) is 3. The van der Waals surface area contributed by atoms with E-state index in [0.717, 1.165) is 128 Å². The smallest absolute Gasteiger partial charge is 0.306 e. The van der Waals surface area contributed by atoms with Crippen LogP contribution < -0.4 is 0 Å². The average Bonchev–Trinajstić information content (AvgIpc) is 3.23. The molecule has 6 heteroatoms. The molecule has 0 spiro atoms. The van der Waals surface area contributed by atoms with E-state index in [9.17, 15) is 14.4 Å². The third kappa shape index (κ3) is 44.8. The second kappa shape index (κ2) is 46.5. The van der Waals surface area contributed by atoms with Crippen molar-refractivity contribution in [3.05, 3.63) is 122 Å². The summed E-state index contributed by atoms with van der Waals surface area (Å²) in [4.78, 5) is 37.7. The van der Waals surface area contributed by atoms with Gasteiger partial charge in [0.15, 0.2) is 6.10 Å². The lowest BCUT2D eigenvalue weighted by molar-refractivity contribution is -0.167. The van der Waals surface area contributed by atoms with E-state index in [1.807, 2.05) is 0 Å². The molecule has 0 heterocycles. The highest BCUT2D eigenvalue weighted by atomic mass is 16.6. The number of allylic oxidation sites excluding steroid dienone is 20. The predicted octanol–water partition coefficient (Wildman–Crippen LogP) is 15.0. The Morgan fingerprint density at radius 3 is 0.949 bits per heavy atom. The Hall–Kier alpha value is -4.19. The second-order valence-corrected chi connectivity index (χ2v) is 14.5. The van der Waals surface area contributed by atoms with E-state index in [-0.39, 0.29) is 37.5 Å². The first-order chi connectivity index (χ1) is 29.0. The lowest BCUT2D eigenvalue weighted by atomic mass is 10.1. The van der Waals surface area contributed by atoms with Crippen molar-refractivity contribution in [2.24, 2.45) is 0 Å². The number of unbranched alkanes of at least 4 members (excludes halogenated alkanes) is 8. The van der Waals surface area contributed by atoms with E-state index >= 15 is 0 Å². The van der Waals surface area contributed by atoms with Crippen molar-refractivity contribution in [3.63, 3.8) is 0 Å². The fraction of sp³-hybridized carbons (Fsp3) is 0.566. The first kappa shape index (κ1) is 54.8. The van der Waals surface area contributed by atoms with Gasteiger partial charge in [-0.3, -0.25) is 14.4 Å². The van der Waals surface area contributed by atoms with Crippen molar-refractivity contribution in [1.29, 1.82) is 0 Å². The minimum Gasteiger partial charge on any atom is -0.462 e. The summed E-state index contributed by atoms with van der Waals surface area (Å²) in [5, 5.41) is 0.